The number of pyridine rings is 1. The molecule has 3 heterocycles. The second-order valence-electron chi connectivity index (χ2n) is 4.25. The van der Waals surface area contributed by atoms with Gasteiger partial charge in [0.2, 0.25) is 0 Å². The molecule has 19 heavy (non-hydrogen) atoms. The van der Waals surface area contributed by atoms with Crippen molar-refractivity contribution in [3.05, 3.63) is 48.2 Å². The lowest BCUT2D eigenvalue weighted by molar-refractivity contribution is 0.0942. The molecule has 3 aromatic heterocycles. The van der Waals surface area contributed by atoms with Crippen LogP contribution in [0.3, 0.4) is 0 Å². The van der Waals surface area contributed by atoms with Crippen molar-refractivity contribution in [2.75, 3.05) is 0 Å². The Morgan fingerprint density at radius 3 is 3.05 bits per heavy atom. The number of imidazole rings is 1. The number of rotatable bonds is 3. The predicted molar refractivity (Wildman–Crippen MR) is 70.5 cm³/mol. The van der Waals surface area contributed by atoms with Crippen molar-refractivity contribution in [1.82, 2.24) is 24.8 Å². The van der Waals surface area contributed by atoms with Crippen molar-refractivity contribution in [1.29, 1.82) is 0 Å². The van der Waals surface area contributed by atoms with Gasteiger partial charge in [-0.2, -0.15) is 0 Å². The van der Waals surface area contributed by atoms with E-state index in [-0.39, 0.29) is 5.91 Å². The number of hydrogen-bond acceptors (Lipinski definition) is 3. The molecule has 0 atom stereocenters. The summed E-state index contributed by atoms with van der Waals surface area (Å²) in [5.41, 5.74) is 2.14. The van der Waals surface area contributed by atoms with E-state index in [4.69, 9.17) is 0 Å². The third-order valence-corrected chi connectivity index (χ3v) is 2.90. The summed E-state index contributed by atoms with van der Waals surface area (Å²) in [6.45, 7) is 0.348. The summed E-state index contributed by atoms with van der Waals surface area (Å²) in [5.74, 6) is 0.567. The lowest BCUT2D eigenvalue weighted by Crippen LogP contribution is -2.25. The smallest absolute Gasteiger partial charge is 0.268 e. The SMILES string of the molecule is Cn1cccc1C(=O)NCc1nc2ncccc2[nH]1. The standard InChI is InChI=1S/C13H13N5O/c1-18-7-3-5-10(18)13(19)15-8-11-16-9-4-2-6-14-12(9)17-11/h2-7H,8H2,1H3,(H,15,19)(H,14,16,17). The van der Waals surface area contributed by atoms with Crippen LogP contribution in [-0.4, -0.2) is 25.4 Å². The largest absolute Gasteiger partial charge is 0.347 e. The zero-order chi connectivity index (χ0) is 13.2. The van der Waals surface area contributed by atoms with Crippen LogP contribution in [-0.2, 0) is 13.6 Å². The van der Waals surface area contributed by atoms with Gasteiger partial charge in [0.05, 0.1) is 12.1 Å². The normalized spacial score (nSPS) is 10.8. The number of nitrogens with zero attached hydrogens (tertiary/aromatic N) is 3. The van der Waals surface area contributed by atoms with E-state index in [0.717, 1.165) is 5.52 Å². The minimum absolute atomic E-state index is 0.124. The van der Waals surface area contributed by atoms with Crippen LogP contribution in [0.15, 0.2) is 36.7 Å². The quantitative estimate of drug-likeness (QED) is 0.739. The van der Waals surface area contributed by atoms with Gasteiger partial charge in [-0.3, -0.25) is 4.79 Å². The third-order valence-electron chi connectivity index (χ3n) is 2.90. The molecule has 0 fully saturated rings. The number of fused-ring (bicyclic) bond motifs is 1. The Bertz CT molecular complexity index is 694. The van der Waals surface area contributed by atoms with Crippen molar-refractivity contribution in [3.63, 3.8) is 0 Å². The summed E-state index contributed by atoms with van der Waals surface area (Å²) >= 11 is 0. The molecule has 0 aliphatic heterocycles. The maximum absolute atomic E-state index is 11.9. The Balaban J connectivity index is 1.72. The molecule has 3 rings (SSSR count). The number of carbonyl (C=O) groups excluding carboxylic acids is 1. The van der Waals surface area contributed by atoms with E-state index in [9.17, 15) is 4.79 Å². The highest BCUT2D eigenvalue weighted by Crippen LogP contribution is 2.07. The van der Waals surface area contributed by atoms with Crippen LogP contribution >= 0.6 is 0 Å². The minimum atomic E-state index is -0.124. The molecule has 0 saturated carbocycles. The maximum Gasteiger partial charge on any atom is 0.268 e. The zero-order valence-electron chi connectivity index (χ0n) is 10.4. The summed E-state index contributed by atoms with van der Waals surface area (Å²) in [6, 6.07) is 7.35. The average molecular weight is 255 g/mol. The molecule has 96 valence electrons. The molecule has 1 amide bonds. The van der Waals surface area contributed by atoms with Gasteiger partial charge in [-0.1, -0.05) is 0 Å². The van der Waals surface area contributed by atoms with E-state index in [1.807, 2.05) is 31.4 Å². The lowest BCUT2D eigenvalue weighted by atomic mass is 10.4. The number of nitrogens with one attached hydrogen (secondary N) is 2. The highest BCUT2D eigenvalue weighted by Gasteiger charge is 2.09. The molecule has 0 aliphatic rings. The Morgan fingerprint density at radius 1 is 1.42 bits per heavy atom. The summed E-state index contributed by atoms with van der Waals surface area (Å²) in [5, 5.41) is 2.82. The number of hydrogen-bond donors (Lipinski definition) is 2. The van der Waals surface area contributed by atoms with Crippen LogP contribution < -0.4 is 5.32 Å². The van der Waals surface area contributed by atoms with Crippen LogP contribution in [0.2, 0.25) is 0 Å². The number of carbonyl (C=O) groups is 1. The summed E-state index contributed by atoms with van der Waals surface area (Å²) in [4.78, 5) is 23.5. The molecule has 3 aromatic rings. The first-order valence-electron chi connectivity index (χ1n) is 5.93. The highest BCUT2D eigenvalue weighted by atomic mass is 16.1. The molecule has 0 aliphatic carbocycles. The summed E-state index contributed by atoms with van der Waals surface area (Å²) < 4.78 is 1.77. The van der Waals surface area contributed by atoms with E-state index in [0.29, 0.717) is 23.7 Å². The minimum Gasteiger partial charge on any atom is -0.347 e. The number of aromatic amines is 1. The summed E-state index contributed by atoms with van der Waals surface area (Å²) in [7, 11) is 1.83. The molecule has 0 unspecified atom stereocenters. The first-order chi connectivity index (χ1) is 9.24. The Kier molecular flexibility index (Phi) is 2.75. The van der Waals surface area contributed by atoms with Crippen LogP contribution in [0, 0.1) is 0 Å². The van der Waals surface area contributed by atoms with E-state index in [1.165, 1.54) is 0 Å². The number of amides is 1. The van der Waals surface area contributed by atoms with Crippen LogP contribution in [0.4, 0.5) is 0 Å². The Morgan fingerprint density at radius 2 is 2.32 bits per heavy atom. The first kappa shape index (κ1) is 11.5. The number of aromatic nitrogens is 4. The van der Waals surface area contributed by atoms with Crippen molar-refractivity contribution < 1.29 is 4.79 Å². The maximum atomic E-state index is 11.9. The number of H-pyrrole nitrogens is 1. The zero-order valence-corrected chi connectivity index (χ0v) is 10.4. The third kappa shape index (κ3) is 2.20. The molecule has 0 bridgehead atoms. The van der Waals surface area contributed by atoms with E-state index in [2.05, 4.69) is 20.3 Å². The molecule has 0 aromatic carbocycles. The molecule has 6 nitrogen and oxygen atoms in total. The van der Waals surface area contributed by atoms with Gasteiger partial charge in [-0.05, 0) is 24.3 Å². The van der Waals surface area contributed by atoms with Gasteiger partial charge < -0.3 is 14.9 Å². The highest BCUT2D eigenvalue weighted by molar-refractivity contribution is 5.92. The Hall–Kier alpha value is -2.63. The molecular weight excluding hydrogens is 242 g/mol. The van der Waals surface area contributed by atoms with Crippen LogP contribution in [0.25, 0.3) is 11.2 Å². The van der Waals surface area contributed by atoms with Gasteiger partial charge >= 0.3 is 0 Å². The fraction of sp³-hybridized carbons (Fsp3) is 0.154. The van der Waals surface area contributed by atoms with Gasteiger partial charge in [-0.25, -0.2) is 9.97 Å². The monoisotopic (exact) mass is 255 g/mol. The van der Waals surface area contributed by atoms with Gasteiger partial charge in [0.25, 0.3) is 5.91 Å². The Labute approximate surface area is 109 Å². The second kappa shape index (κ2) is 4.56. The van der Waals surface area contributed by atoms with Gasteiger partial charge in [0, 0.05) is 19.4 Å². The fourth-order valence-electron chi connectivity index (χ4n) is 1.93. The van der Waals surface area contributed by atoms with Crippen LogP contribution in [0.5, 0.6) is 0 Å². The van der Waals surface area contributed by atoms with Crippen molar-refractivity contribution >= 4 is 17.1 Å². The summed E-state index contributed by atoms with van der Waals surface area (Å²) in [6.07, 6.45) is 3.52. The topological polar surface area (TPSA) is 75.6 Å². The molecule has 0 saturated heterocycles. The van der Waals surface area contributed by atoms with Gasteiger partial charge in [0.1, 0.15) is 11.5 Å². The fourth-order valence-corrected chi connectivity index (χ4v) is 1.93. The molecule has 0 radical (unpaired) electrons. The number of aryl methyl sites for hydroxylation is 1. The molecular formula is C13H13N5O. The van der Waals surface area contributed by atoms with Gasteiger partial charge in [-0.15, -0.1) is 0 Å². The average Bonchev–Trinajstić information content (AvgIpc) is 3.01. The first-order valence-corrected chi connectivity index (χ1v) is 5.93. The van der Waals surface area contributed by atoms with E-state index in [1.54, 1.807) is 16.8 Å². The van der Waals surface area contributed by atoms with Crippen molar-refractivity contribution in [2.24, 2.45) is 7.05 Å². The van der Waals surface area contributed by atoms with E-state index >= 15 is 0 Å². The van der Waals surface area contributed by atoms with Crippen molar-refractivity contribution in [2.45, 2.75) is 6.54 Å². The molecule has 0 spiro atoms. The van der Waals surface area contributed by atoms with Gasteiger partial charge in [0.15, 0.2) is 5.65 Å². The van der Waals surface area contributed by atoms with Crippen LogP contribution in [0.1, 0.15) is 16.3 Å². The second-order valence-corrected chi connectivity index (χ2v) is 4.25. The molecule has 2 N–H and O–H groups in total. The lowest BCUT2D eigenvalue weighted by Gasteiger charge is -2.03. The van der Waals surface area contributed by atoms with E-state index < -0.39 is 0 Å². The molecule has 6 heteroatoms. The van der Waals surface area contributed by atoms with Crippen molar-refractivity contribution in [3.8, 4) is 0 Å². The predicted octanol–water partition coefficient (Wildman–Crippen LogP) is 1.23.